The van der Waals surface area contributed by atoms with E-state index in [9.17, 15) is 9.59 Å². The average molecular weight is 382 g/mol. The molecule has 0 bridgehead atoms. The molecule has 27 heavy (non-hydrogen) atoms. The topological polar surface area (TPSA) is 67.9 Å². The summed E-state index contributed by atoms with van der Waals surface area (Å²) >= 11 is 5.30. The van der Waals surface area contributed by atoms with Gasteiger partial charge in [-0.1, -0.05) is 24.3 Å². The van der Waals surface area contributed by atoms with Crippen molar-refractivity contribution in [1.29, 1.82) is 0 Å². The first-order valence-corrected chi connectivity index (χ1v) is 8.63. The van der Waals surface area contributed by atoms with Crippen LogP contribution in [-0.4, -0.2) is 24.1 Å². The maximum Gasteiger partial charge on any atom is 0.302 e. The van der Waals surface area contributed by atoms with Crippen LogP contribution in [0, 0.1) is 0 Å². The van der Waals surface area contributed by atoms with Crippen molar-refractivity contribution >= 4 is 41.0 Å². The lowest BCUT2D eigenvalue weighted by molar-refractivity contribution is -0.142. The number of nitrogens with one attached hydrogen (secondary N) is 1. The van der Waals surface area contributed by atoms with Crippen molar-refractivity contribution in [3.05, 3.63) is 65.4 Å². The molecule has 6 nitrogen and oxygen atoms in total. The fourth-order valence-corrected chi connectivity index (χ4v) is 2.99. The Bertz CT molecular complexity index is 925. The SMILES string of the molecule is COc1ccc(/C=C2/NC(=S)N(c3ccccc3)C2=O)cc1COC(C)=O. The highest BCUT2D eigenvalue weighted by atomic mass is 32.1. The number of hydrogen-bond acceptors (Lipinski definition) is 5. The van der Waals surface area contributed by atoms with Crippen LogP contribution in [0.2, 0.25) is 0 Å². The molecule has 1 fully saturated rings. The first kappa shape index (κ1) is 18.6. The number of anilines is 1. The van der Waals surface area contributed by atoms with E-state index in [0.29, 0.717) is 27.8 Å². The van der Waals surface area contributed by atoms with Gasteiger partial charge in [0.1, 0.15) is 18.1 Å². The van der Waals surface area contributed by atoms with Gasteiger partial charge in [-0.25, -0.2) is 0 Å². The second kappa shape index (κ2) is 8.01. The molecule has 2 aromatic carbocycles. The number of methoxy groups -OCH3 is 1. The summed E-state index contributed by atoms with van der Waals surface area (Å²) in [6, 6.07) is 14.6. The summed E-state index contributed by atoms with van der Waals surface area (Å²) in [5.41, 5.74) is 2.53. The monoisotopic (exact) mass is 382 g/mol. The Balaban J connectivity index is 1.88. The molecule has 7 heteroatoms. The molecule has 2 aromatic rings. The van der Waals surface area contributed by atoms with Gasteiger partial charge in [0.05, 0.1) is 12.8 Å². The highest BCUT2D eigenvalue weighted by molar-refractivity contribution is 7.80. The highest BCUT2D eigenvalue weighted by Gasteiger charge is 2.31. The number of ether oxygens (including phenoxy) is 2. The Morgan fingerprint density at radius 2 is 1.96 bits per heavy atom. The largest absolute Gasteiger partial charge is 0.496 e. The van der Waals surface area contributed by atoms with Gasteiger partial charge < -0.3 is 14.8 Å². The second-order valence-electron chi connectivity index (χ2n) is 5.82. The third kappa shape index (κ3) is 4.15. The first-order chi connectivity index (χ1) is 13.0. The van der Waals surface area contributed by atoms with E-state index in [1.807, 2.05) is 36.4 Å². The number of carbonyl (C=O) groups excluding carboxylic acids is 2. The summed E-state index contributed by atoms with van der Waals surface area (Å²) in [5, 5.41) is 3.28. The van der Waals surface area contributed by atoms with Gasteiger partial charge >= 0.3 is 5.97 Å². The Kier molecular flexibility index (Phi) is 5.52. The fourth-order valence-electron chi connectivity index (χ4n) is 2.69. The van der Waals surface area contributed by atoms with Crippen LogP contribution in [0.1, 0.15) is 18.1 Å². The number of esters is 1. The number of carbonyl (C=O) groups is 2. The quantitative estimate of drug-likeness (QED) is 0.487. The first-order valence-electron chi connectivity index (χ1n) is 8.22. The Morgan fingerprint density at radius 3 is 2.63 bits per heavy atom. The number of para-hydroxylation sites is 1. The standard InChI is InChI=1S/C20H18N2O4S/c1-13(23)26-12-15-10-14(8-9-18(15)25-2)11-17-19(24)22(20(27)21-17)16-6-4-3-5-7-16/h3-11H,12H2,1-2H3,(H,21,27)/b17-11+. The van der Waals surface area contributed by atoms with E-state index in [-0.39, 0.29) is 18.5 Å². The number of nitrogens with zero attached hydrogens (tertiary/aromatic N) is 1. The Morgan fingerprint density at radius 1 is 1.22 bits per heavy atom. The lowest BCUT2D eigenvalue weighted by atomic mass is 10.1. The van der Waals surface area contributed by atoms with Gasteiger partial charge in [-0.3, -0.25) is 14.5 Å². The summed E-state index contributed by atoms with van der Waals surface area (Å²) in [5.74, 6) is -0.00797. The summed E-state index contributed by atoms with van der Waals surface area (Å²) in [6.07, 6.45) is 1.70. The zero-order valence-corrected chi connectivity index (χ0v) is 15.7. The molecule has 1 aliphatic rings. The molecule has 1 amide bonds. The van der Waals surface area contributed by atoms with Gasteiger partial charge in [0.15, 0.2) is 5.11 Å². The lowest BCUT2D eigenvalue weighted by Gasteiger charge is -2.13. The molecule has 1 N–H and O–H groups in total. The fraction of sp³-hybridized carbons (Fsp3) is 0.150. The van der Waals surface area contributed by atoms with Gasteiger partial charge in [-0.15, -0.1) is 0 Å². The molecule has 0 unspecified atom stereocenters. The average Bonchev–Trinajstić information content (AvgIpc) is 2.94. The minimum absolute atomic E-state index is 0.0887. The van der Waals surface area contributed by atoms with Crippen LogP contribution in [0.3, 0.4) is 0 Å². The smallest absolute Gasteiger partial charge is 0.302 e. The third-order valence-electron chi connectivity index (χ3n) is 3.94. The van der Waals surface area contributed by atoms with Gasteiger partial charge in [-0.2, -0.15) is 0 Å². The molecule has 3 rings (SSSR count). The van der Waals surface area contributed by atoms with Crippen molar-refractivity contribution in [1.82, 2.24) is 5.32 Å². The minimum Gasteiger partial charge on any atom is -0.496 e. The number of benzene rings is 2. The van der Waals surface area contributed by atoms with E-state index in [4.69, 9.17) is 21.7 Å². The molecule has 0 atom stereocenters. The van der Waals surface area contributed by atoms with Crippen molar-refractivity contribution < 1.29 is 19.1 Å². The van der Waals surface area contributed by atoms with Gasteiger partial charge in [0.25, 0.3) is 5.91 Å². The second-order valence-corrected chi connectivity index (χ2v) is 6.20. The van der Waals surface area contributed by atoms with Crippen molar-refractivity contribution in [2.45, 2.75) is 13.5 Å². The zero-order chi connectivity index (χ0) is 19.4. The summed E-state index contributed by atoms with van der Waals surface area (Å²) in [4.78, 5) is 25.3. The lowest BCUT2D eigenvalue weighted by Crippen LogP contribution is -2.30. The molecule has 1 heterocycles. The van der Waals surface area contributed by atoms with Crippen molar-refractivity contribution in [3.8, 4) is 5.75 Å². The summed E-state index contributed by atoms with van der Waals surface area (Å²) in [6.45, 7) is 1.43. The van der Waals surface area contributed by atoms with E-state index in [1.165, 1.54) is 11.8 Å². The third-order valence-corrected chi connectivity index (χ3v) is 4.22. The molecule has 0 aromatic heterocycles. The molecule has 138 valence electrons. The van der Waals surface area contributed by atoms with E-state index >= 15 is 0 Å². The van der Waals surface area contributed by atoms with Gasteiger partial charge in [0, 0.05) is 12.5 Å². The molecule has 1 aliphatic heterocycles. The van der Waals surface area contributed by atoms with E-state index in [1.54, 1.807) is 25.3 Å². The van der Waals surface area contributed by atoms with Gasteiger partial charge in [0.2, 0.25) is 0 Å². The molecule has 0 radical (unpaired) electrons. The van der Waals surface area contributed by atoms with E-state index in [0.717, 1.165) is 5.56 Å². The van der Waals surface area contributed by atoms with Crippen molar-refractivity contribution in [2.24, 2.45) is 0 Å². The number of thiocarbonyl (C=S) groups is 1. The summed E-state index contributed by atoms with van der Waals surface area (Å²) < 4.78 is 10.3. The number of amides is 1. The predicted octanol–water partition coefficient (Wildman–Crippen LogP) is 3.02. The molecular weight excluding hydrogens is 364 g/mol. The minimum atomic E-state index is -0.378. The molecule has 0 aliphatic carbocycles. The Labute approximate surface area is 162 Å². The van der Waals surface area contributed by atoms with Crippen LogP contribution >= 0.6 is 12.2 Å². The Hall–Kier alpha value is -3.19. The molecular formula is C20H18N2O4S. The van der Waals surface area contributed by atoms with Gasteiger partial charge in [-0.05, 0) is 48.1 Å². The number of hydrogen-bond donors (Lipinski definition) is 1. The van der Waals surface area contributed by atoms with Crippen LogP contribution in [0.5, 0.6) is 5.75 Å². The predicted molar refractivity (Wildman–Crippen MR) is 106 cm³/mol. The molecule has 1 saturated heterocycles. The maximum absolute atomic E-state index is 12.8. The van der Waals surface area contributed by atoms with Crippen molar-refractivity contribution in [3.63, 3.8) is 0 Å². The van der Waals surface area contributed by atoms with E-state index in [2.05, 4.69) is 5.32 Å². The highest BCUT2D eigenvalue weighted by Crippen LogP contribution is 2.25. The van der Waals surface area contributed by atoms with Crippen LogP contribution in [0.15, 0.2) is 54.2 Å². The number of rotatable bonds is 5. The van der Waals surface area contributed by atoms with Crippen molar-refractivity contribution in [2.75, 3.05) is 12.0 Å². The maximum atomic E-state index is 12.8. The van der Waals surface area contributed by atoms with Crippen LogP contribution in [0.4, 0.5) is 5.69 Å². The van der Waals surface area contributed by atoms with E-state index < -0.39 is 0 Å². The van der Waals surface area contributed by atoms with Crippen LogP contribution in [0.25, 0.3) is 6.08 Å². The normalized spacial score (nSPS) is 15.0. The molecule has 0 spiro atoms. The summed E-state index contributed by atoms with van der Waals surface area (Å²) in [7, 11) is 1.54. The zero-order valence-electron chi connectivity index (χ0n) is 14.9. The van der Waals surface area contributed by atoms with Crippen LogP contribution in [-0.2, 0) is 20.9 Å². The van der Waals surface area contributed by atoms with Crippen LogP contribution < -0.4 is 15.0 Å². The molecule has 0 saturated carbocycles.